The number of nitrogens with one attached hydrogen (secondary N) is 2. The van der Waals surface area contributed by atoms with Gasteiger partial charge in [-0.15, -0.1) is 0 Å². The number of amides is 2. The lowest BCUT2D eigenvalue weighted by Crippen LogP contribution is -2.52. The summed E-state index contributed by atoms with van der Waals surface area (Å²) in [4.78, 5) is 110. The number of unbranched alkanes of at least 4 members (excludes halogenated alkanes) is 2. The lowest BCUT2D eigenvalue weighted by Gasteiger charge is -2.40. The quantitative estimate of drug-likeness (QED) is 0.0107. The number of halogens is 2. The van der Waals surface area contributed by atoms with Gasteiger partial charge in [0.15, 0.2) is 6.23 Å². The van der Waals surface area contributed by atoms with E-state index in [1.54, 1.807) is 54.5 Å². The van der Waals surface area contributed by atoms with E-state index in [9.17, 15) is 43.5 Å². The summed E-state index contributed by atoms with van der Waals surface area (Å²) in [6.45, 7) is 50.4. The third-order valence-corrected chi connectivity index (χ3v) is 33.2. The molecule has 0 spiro atoms. The van der Waals surface area contributed by atoms with E-state index in [1.807, 2.05) is 51.1 Å². The number of carbonyl (C=O) groups excluding carboxylic acids is 7. The van der Waals surface area contributed by atoms with E-state index in [-0.39, 0.29) is 86.5 Å². The van der Waals surface area contributed by atoms with Crippen LogP contribution >= 0.6 is 31.9 Å². The highest BCUT2D eigenvalue weighted by atomic mass is 79.9. The standard InChI is InChI=1S/C71H118Br2N2O17Si3/c1-27-29-35-85-61(83)68(17,45-70(19,72)57(79)74-51(56(77)78)40-49-31-33-52(48(3)39-49)90-93(21,22)63(4,5)6)43-66(13,14)59(81)87-37-38-88-60(82)67(15,16)44-69(18,62(84)86-36-30-28-2)46-71(20,73)58(80)75-55(89-47-76)42-50-32-34-53(91-94(23,24)64(7,8)9)54(41-50)92-95(25,26)65(10,11)12/h31-34,39,41,47,51,55H,27-30,35-38,40,42-46H2,1-26H3,(H,74,79)(H,75,80)(H,77,78). The van der Waals surface area contributed by atoms with E-state index in [0.717, 1.165) is 18.4 Å². The van der Waals surface area contributed by atoms with Crippen molar-refractivity contribution in [2.45, 2.75) is 278 Å². The molecule has 0 bridgehead atoms. The summed E-state index contributed by atoms with van der Waals surface area (Å²) in [7, 11) is -6.89. The fourth-order valence-electron chi connectivity index (χ4n) is 10.3. The molecule has 6 atom stereocenters. The molecule has 0 radical (unpaired) electrons. The van der Waals surface area contributed by atoms with Crippen LogP contribution in [0.1, 0.15) is 200 Å². The first-order chi connectivity index (χ1) is 43.0. The number of alkyl halides is 2. The summed E-state index contributed by atoms with van der Waals surface area (Å²) in [6, 6.07) is 9.71. The summed E-state index contributed by atoms with van der Waals surface area (Å²) >= 11 is 7.15. The lowest BCUT2D eigenvalue weighted by atomic mass is 9.69. The first-order valence-corrected chi connectivity index (χ1v) is 43.6. The summed E-state index contributed by atoms with van der Waals surface area (Å²) in [5, 5.41) is 15.6. The van der Waals surface area contributed by atoms with Crippen molar-refractivity contribution in [2.75, 3.05) is 26.4 Å². The Labute approximate surface area is 588 Å². The number of carboxylic acids is 1. The van der Waals surface area contributed by atoms with Gasteiger partial charge in [0.25, 0.3) is 23.1 Å². The summed E-state index contributed by atoms with van der Waals surface area (Å²) < 4.78 is 45.6. The van der Waals surface area contributed by atoms with Crippen LogP contribution in [0.5, 0.6) is 17.2 Å². The Morgan fingerprint density at radius 2 is 0.853 bits per heavy atom. The Hall–Kier alpha value is -4.79. The van der Waals surface area contributed by atoms with Gasteiger partial charge < -0.3 is 52.7 Å². The minimum atomic E-state index is -2.40. The number of hydrogen-bond acceptors (Lipinski definition) is 16. The first kappa shape index (κ1) is 86.3. The average molecular weight is 1520 g/mol. The number of aryl methyl sites for hydroxylation is 1. The molecule has 3 N–H and O–H groups in total. The molecule has 2 rings (SSSR count). The number of carboxylic acid groups (broad SMARTS) is 1. The second-order valence-electron chi connectivity index (χ2n) is 32.7. The maximum absolute atomic E-state index is 14.5. The van der Waals surface area contributed by atoms with Gasteiger partial charge in [0.1, 0.15) is 45.2 Å². The van der Waals surface area contributed by atoms with Gasteiger partial charge in [0, 0.05) is 12.8 Å². The van der Waals surface area contributed by atoms with Crippen molar-refractivity contribution >= 4 is 105 Å². The molecule has 0 heterocycles. The minimum absolute atomic E-state index is 0.0393. The van der Waals surface area contributed by atoms with Gasteiger partial charge >= 0.3 is 29.8 Å². The molecule has 95 heavy (non-hydrogen) atoms. The van der Waals surface area contributed by atoms with Crippen LogP contribution in [0.4, 0.5) is 0 Å². The molecule has 540 valence electrons. The highest BCUT2D eigenvalue weighted by molar-refractivity contribution is 9.10. The number of carbonyl (C=O) groups is 8. The summed E-state index contributed by atoms with van der Waals surface area (Å²) in [5.41, 5.74) is -3.61. The van der Waals surface area contributed by atoms with Crippen molar-refractivity contribution < 1.29 is 80.4 Å². The second-order valence-corrected chi connectivity index (χ2v) is 50.4. The number of esters is 4. The Balaban J connectivity index is 2.35. The van der Waals surface area contributed by atoms with Crippen molar-refractivity contribution in [3.63, 3.8) is 0 Å². The summed E-state index contributed by atoms with van der Waals surface area (Å²) in [5.74, 6) is -3.48. The molecule has 2 aromatic carbocycles. The predicted molar refractivity (Wildman–Crippen MR) is 388 cm³/mol. The Kier molecular flexibility index (Phi) is 30.7. The van der Waals surface area contributed by atoms with Crippen molar-refractivity contribution in [3.8, 4) is 17.2 Å². The van der Waals surface area contributed by atoms with Gasteiger partial charge in [-0.2, -0.15) is 0 Å². The monoisotopic (exact) mass is 1510 g/mol. The van der Waals surface area contributed by atoms with Gasteiger partial charge in [0.05, 0.1) is 34.9 Å². The van der Waals surface area contributed by atoms with Crippen molar-refractivity contribution in [3.05, 3.63) is 53.1 Å². The minimum Gasteiger partial charge on any atom is -0.543 e. The normalized spacial score (nSPS) is 16.0. The van der Waals surface area contributed by atoms with E-state index >= 15 is 0 Å². The number of rotatable bonds is 38. The van der Waals surface area contributed by atoms with Crippen molar-refractivity contribution in [1.82, 2.24) is 10.6 Å². The fourth-order valence-corrected chi connectivity index (χ4v) is 14.9. The van der Waals surface area contributed by atoms with Crippen LogP contribution in [-0.2, 0) is 74.9 Å². The molecular formula is C71H118Br2N2O17Si3. The third-order valence-electron chi connectivity index (χ3n) is 18.9. The van der Waals surface area contributed by atoms with Crippen LogP contribution < -0.4 is 23.9 Å². The molecule has 6 unspecified atom stereocenters. The Morgan fingerprint density at radius 1 is 0.495 bits per heavy atom. The molecule has 0 aliphatic carbocycles. The molecule has 0 saturated carbocycles. The van der Waals surface area contributed by atoms with Crippen LogP contribution in [0, 0.1) is 28.6 Å². The van der Waals surface area contributed by atoms with Crippen LogP contribution in [0.2, 0.25) is 54.4 Å². The second kappa shape index (κ2) is 33.8. The molecule has 24 heteroatoms. The Bertz CT molecular complexity index is 2980. The molecule has 0 fully saturated rings. The number of aliphatic carboxylic acids is 1. The maximum atomic E-state index is 14.5. The molecule has 2 aromatic rings. The average Bonchev–Trinajstić information content (AvgIpc) is 0.804. The molecular weight excluding hydrogens is 1400 g/mol. The zero-order chi connectivity index (χ0) is 73.6. The van der Waals surface area contributed by atoms with E-state index < -0.39 is 109 Å². The van der Waals surface area contributed by atoms with Crippen LogP contribution in [0.3, 0.4) is 0 Å². The number of ether oxygens (including phenoxy) is 5. The molecule has 0 saturated heterocycles. The topological polar surface area (TPSA) is 255 Å². The highest BCUT2D eigenvalue weighted by Crippen LogP contribution is 2.48. The zero-order valence-corrected chi connectivity index (χ0v) is 68.5. The smallest absolute Gasteiger partial charge is 0.326 e. The maximum Gasteiger partial charge on any atom is 0.326 e. The fraction of sp³-hybridized carbons (Fsp3) is 0.718. The van der Waals surface area contributed by atoms with Gasteiger partial charge in [-0.1, -0.05) is 139 Å². The SMILES string of the molecule is CCCCOC(=O)C(C)(CC(C)(C)C(=O)OCCOC(=O)C(C)(C)CC(C)(CC(C)(Br)C(=O)NC(Cc1ccc(O[Si](C)(C)C(C)(C)C)c(C)c1)C(=O)O)C(=O)OCCCC)CC(C)(Br)C(=O)NC(Cc1ccc(O[Si](C)(C)C(C)(C)C)c(O[Si](C)(C)C(C)(C)C)c1)OC=O. The predicted octanol–water partition coefficient (Wildman–Crippen LogP) is 15.8. The zero-order valence-electron chi connectivity index (χ0n) is 62.3. The van der Waals surface area contributed by atoms with Crippen molar-refractivity contribution in [2.24, 2.45) is 21.7 Å². The van der Waals surface area contributed by atoms with Gasteiger partial charge in [-0.25, -0.2) is 4.79 Å². The van der Waals surface area contributed by atoms with Crippen molar-refractivity contribution in [1.29, 1.82) is 0 Å². The van der Waals surface area contributed by atoms with E-state index in [1.165, 1.54) is 6.92 Å². The van der Waals surface area contributed by atoms with Crippen LogP contribution in [-0.4, -0.2) is 126 Å². The van der Waals surface area contributed by atoms with E-state index in [4.69, 9.17) is 37.0 Å². The lowest BCUT2D eigenvalue weighted by molar-refractivity contribution is -0.170. The van der Waals surface area contributed by atoms with E-state index in [0.29, 0.717) is 41.2 Å². The molecule has 0 aromatic heterocycles. The highest BCUT2D eigenvalue weighted by Gasteiger charge is 2.52. The number of hydrogen-bond donors (Lipinski definition) is 3. The van der Waals surface area contributed by atoms with E-state index in [2.05, 4.69) is 144 Å². The number of benzene rings is 2. The van der Waals surface area contributed by atoms with Gasteiger partial charge in [-0.3, -0.25) is 33.6 Å². The Morgan fingerprint density at radius 3 is 1.22 bits per heavy atom. The first-order valence-electron chi connectivity index (χ1n) is 33.3. The summed E-state index contributed by atoms with van der Waals surface area (Å²) in [6.07, 6.45) is 0.724. The molecule has 19 nitrogen and oxygen atoms in total. The molecule has 0 aliphatic rings. The largest absolute Gasteiger partial charge is 0.543 e. The molecule has 2 amide bonds. The van der Waals surface area contributed by atoms with Crippen LogP contribution in [0.15, 0.2) is 36.4 Å². The van der Waals surface area contributed by atoms with Gasteiger partial charge in [-0.05, 0) is 190 Å². The molecule has 0 aliphatic heterocycles. The van der Waals surface area contributed by atoms with Crippen LogP contribution in [0.25, 0.3) is 0 Å². The van der Waals surface area contributed by atoms with Gasteiger partial charge in [0.2, 0.25) is 20.1 Å². The third kappa shape index (κ3) is 25.5.